The molecule has 10 heteroatoms. The van der Waals surface area contributed by atoms with Gasteiger partial charge >= 0.3 is 0 Å². The van der Waals surface area contributed by atoms with E-state index in [1.165, 1.54) is 23.0 Å². The Bertz CT molecular complexity index is 1150. The molecule has 5 heterocycles. The number of nitrogens with zero attached hydrogens (tertiary/aromatic N) is 5. The Morgan fingerprint density at radius 3 is 2.97 bits per heavy atom. The van der Waals surface area contributed by atoms with Crippen LogP contribution in [0.15, 0.2) is 30.7 Å². The maximum absolute atomic E-state index is 14.2. The Labute approximate surface area is 175 Å². The minimum atomic E-state index is -1.17. The van der Waals surface area contributed by atoms with E-state index in [0.717, 1.165) is 11.3 Å². The number of aryl methyl sites for hydroxylation is 1. The Balaban J connectivity index is 1.74. The number of fused-ring (bicyclic) bond motifs is 5. The minimum absolute atomic E-state index is 0.112. The molecule has 1 fully saturated rings. The van der Waals surface area contributed by atoms with Gasteiger partial charge in [0.1, 0.15) is 17.2 Å². The van der Waals surface area contributed by atoms with Crippen molar-refractivity contribution in [2.75, 3.05) is 4.90 Å². The Morgan fingerprint density at radius 1 is 1.30 bits per heavy atom. The standard InChI is InChI=1S/C20H19B2FN6O/c1-11-2-3-15-13(8-12(23)9-24-15)16-4-6-20(21,22)29(16)17-5-7-28-18(27-17)14(10-25-28)19(30)26-11/h5,7-11,16H,2-4,6H2,1H3,(H,26,30)/t11-,16?/m1/s1. The van der Waals surface area contributed by atoms with E-state index in [9.17, 15) is 9.18 Å². The highest BCUT2D eigenvalue weighted by Gasteiger charge is 2.41. The van der Waals surface area contributed by atoms with Crippen LogP contribution in [0, 0.1) is 5.82 Å². The molecule has 30 heavy (non-hydrogen) atoms. The van der Waals surface area contributed by atoms with Crippen molar-refractivity contribution in [3.8, 4) is 0 Å². The summed E-state index contributed by atoms with van der Waals surface area (Å²) in [5.74, 6) is -0.155. The van der Waals surface area contributed by atoms with Gasteiger partial charge in [-0.3, -0.25) is 9.78 Å². The zero-order valence-electron chi connectivity index (χ0n) is 16.5. The number of carbonyl (C=O) groups is 1. The SMILES string of the molecule is [B]C1([B])CCC2c3cc(F)cnc3CC[C@@H](C)NC(=O)c3cnn4ccc(nc34)N21. The van der Waals surface area contributed by atoms with Crippen LogP contribution >= 0.6 is 0 Å². The molecule has 1 unspecified atom stereocenters. The smallest absolute Gasteiger partial charge is 0.256 e. The van der Waals surface area contributed by atoms with E-state index in [0.29, 0.717) is 42.7 Å². The van der Waals surface area contributed by atoms with Crippen molar-refractivity contribution in [3.63, 3.8) is 0 Å². The molecule has 7 nitrogen and oxygen atoms in total. The number of anilines is 1. The van der Waals surface area contributed by atoms with Crippen LogP contribution in [-0.4, -0.2) is 52.6 Å². The lowest BCUT2D eigenvalue weighted by molar-refractivity contribution is 0.0940. The van der Waals surface area contributed by atoms with Crippen LogP contribution in [0.3, 0.4) is 0 Å². The Morgan fingerprint density at radius 2 is 2.13 bits per heavy atom. The van der Waals surface area contributed by atoms with Crippen LogP contribution in [-0.2, 0) is 6.42 Å². The van der Waals surface area contributed by atoms with Gasteiger partial charge in [-0.1, -0.05) is 0 Å². The molecule has 4 radical (unpaired) electrons. The number of hydrogen-bond acceptors (Lipinski definition) is 5. The number of hydrogen-bond donors (Lipinski definition) is 1. The molecule has 2 atom stereocenters. The second-order valence-corrected chi connectivity index (χ2v) is 8.13. The summed E-state index contributed by atoms with van der Waals surface area (Å²) < 4.78 is 15.7. The predicted molar refractivity (Wildman–Crippen MR) is 111 cm³/mol. The van der Waals surface area contributed by atoms with Crippen LogP contribution < -0.4 is 10.2 Å². The fourth-order valence-electron chi connectivity index (χ4n) is 4.44. The molecule has 148 valence electrons. The van der Waals surface area contributed by atoms with Gasteiger partial charge in [0.25, 0.3) is 5.91 Å². The Kier molecular flexibility index (Phi) is 4.34. The van der Waals surface area contributed by atoms with E-state index in [1.807, 2.05) is 11.8 Å². The first-order chi connectivity index (χ1) is 14.3. The Hall–Kier alpha value is -2.90. The molecule has 2 bridgehead atoms. The average Bonchev–Trinajstić information content (AvgIpc) is 3.26. The number of halogens is 1. The van der Waals surface area contributed by atoms with Gasteiger partial charge in [-0.2, -0.15) is 5.10 Å². The van der Waals surface area contributed by atoms with Gasteiger partial charge in [0.15, 0.2) is 5.65 Å². The van der Waals surface area contributed by atoms with Crippen molar-refractivity contribution in [2.45, 2.75) is 50.0 Å². The fraction of sp³-hybridized carbons (Fsp3) is 0.400. The fourth-order valence-corrected chi connectivity index (χ4v) is 4.44. The first-order valence-electron chi connectivity index (χ1n) is 10.00. The topological polar surface area (TPSA) is 75.4 Å². The summed E-state index contributed by atoms with van der Waals surface area (Å²) in [5.41, 5.74) is 2.31. The summed E-state index contributed by atoms with van der Waals surface area (Å²) in [4.78, 5) is 23.7. The molecule has 0 aromatic carbocycles. The van der Waals surface area contributed by atoms with Crippen LogP contribution in [0.5, 0.6) is 0 Å². The molecule has 5 rings (SSSR count). The number of aromatic nitrogens is 4. The van der Waals surface area contributed by atoms with Crippen LogP contribution in [0.25, 0.3) is 5.65 Å². The van der Waals surface area contributed by atoms with Gasteiger partial charge < -0.3 is 10.2 Å². The quantitative estimate of drug-likeness (QED) is 0.582. The second-order valence-electron chi connectivity index (χ2n) is 8.13. The summed E-state index contributed by atoms with van der Waals surface area (Å²) in [5, 5.41) is 6.04. The monoisotopic (exact) mass is 400 g/mol. The molecule has 0 aliphatic carbocycles. The summed E-state index contributed by atoms with van der Waals surface area (Å²) in [6.07, 6.45) is 6.81. The number of carbonyl (C=O) groups excluding carboxylic acids is 1. The van der Waals surface area contributed by atoms with Gasteiger partial charge in [0.05, 0.1) is 34.1 Å². The lowest BCUT2D eigenvalue weighted by atomic mass is 9.60. The van der Waals surface area contributed by atoms with Crippen molar-refractivity contribution in [1.82, 2.24) is 24.9 Å². The maximum Gasteiger partial charge on any atom is 0.256 e. The van der Waals surface area contributed by atoms with Crippen molar-refractivity contribution in [2.24, 2.45) is 0 Å². The first-order valence-corrected chi connectivity index (χ1v) is 10.00. The molecule has 3 aromatic heterocycles. The van der Waals surface area contributed by atoms with Crippen molar-refractivity contribution < 1.29 is 9.18 Å². The third-order valence-electron chi connectivity index (χ3n) is 5.95. The van der Waals surface area contributed by atoms with E-state index >= 15 is 0 Å². The van der Waals surface area contributed by atoms with E-state index < -0.39 is 11.2 Å². The maximum atomic E-state index is 14.2. The normalized spacial score (nSPS) is 23.3. The number of nitrogens with one attached hydrogen (secondary N) is 1. The van der Waals surface area contributed by atoms with E-state index in [1.54, 1.807) is 12.3 Å². The second kappa shape index (κ2) is 6.82. The van der Waals surface area contributed by atoms with Gasteiger partial charge in [-0.25, -0.2) is 13.9 Å². The lowest BCUT2D eigenvalue weighted by Gasteiger charge is -2.38. The van der Waals surface area contributed by atoms with Crippen molar-refractivity contribution >= 4 is 33.1 Å². The van der Waals surface area contributed by atoms with E-state index in [2.05, 4.69) is 20.4 Å². The lowest BCUT2D eigenvalue weighted by Crippen LogP contribution is -2.46. The highest BCUT2D eigenvalue weighted by atomic mass is 19.1. The van der Waals surface area contributed by atoms with E-state index in [4.69, 9.17) is 15.7 Å². The van der Waals surface area contributed by atoms with Gasteiger partial charge in [-0.15, -0.1) is 0 Å². The van der Waals surface area contributed by atoms with Gasteiger partial charge in [0.2, 0.25) is 0 Å². The van der Waals surface area contributed by atoms with Crippen LogP contribution in [0.1, 0.15) is 53.8 Å². The molecule has 1 N–H and O–H groups in total. The average molecular weight is 400 g/mol. The molecule has 2 aliphatic rings. The molecular weight excluding hydrogens is 381 g/mol. The number of pyridine rings is 1. The zero-order chi connectivity index (χ0) is 21.0. The number of amides is 1. The van der Waals surface area contributed by atoms with E-state index in [-0.39, 0.29) is 18.0 Å². The summed E-state index contributed by atoms with van der Waals surface area (Å²) in [7, 11) is 12.9. The van der Waals surface area contributed by atoms with Crippen LogP contribution in [0.2, 0.25) is 0 Å². The van der Waals surface area contributed by atoms with Gasteiger partial charge in [0, 0.05) is 17.9 Å². The molecular formula is C20H19B2FN6O. The van der Waals surface area contributed by atoms with Crippen molar-refractivity contribution in [3.05, 3.63) is 53.4 Å². The molecule has 0 spiro atoms. The molecule has 3 aromatic rings. The predicted octanol–water partition coefficient (Wildman–Crippen LogP) is 1.66. The van der Waals surface area contributed by atoms with Crippen LogP contribution in [0.4, 0.5) is 10.2 Å². The number of rotatable bonds is 0. The van der Waals surface area contributed by atoms with Gasteiger partial charge in [-0.05, 0) is 55.6 Å². The third kappa shape index (κ3) is 3.05. The molecule has 1 saturated heterocycles. The molecule has 0 saturated carbocycles. The first kappa shape index (κ1) is 19.1. The summed E-state index contributed by atoms with van der Waals surface area (Å²) in [6, 6.07) is 2.87. The summed E-state index contributed by atoms with van der Waals surface area (Å²) in [6.45, 7) is 1.93. The third-order valence-corrected chi connectivity index (χ3v) is 5.95. The highest BCUT2D eigenvalue weighted by Crippen LogP contribution is 2.43. The molecule has 1 amide bonds. The molecule has 2 aliphatic heterocycles. The summed E-state index contributed by atoms with van der Waals surface area (Å²) >= 11 is 0. The van der Waals surface area contributed by atoms with Crippen molar-refractivity contribution in [1.29, 1.82) is 0 Å². The zero-order valence-corrected chi connectivity index (χ0v) is 16.5. The largest absolute Gasteiger partial charge is 0.361 e. The minimum Gasteiger partial charge on any atom is -0.361 e. The highest BCUT2D eigenvalue weighted by molar-refractivity contribution is 6.42.